The molecule has 9 nitrogen and oxygen atoms in total. The van der Waals surface area contributed by atoms with Crippen molar-refractivity contribution in [2.75, 3.05) is 48.8 Å². The fourth-order valence-corrected chi connectivity index (χ4v) is 5.38. The number of rotatable bonds is 7. The molecule has 4 aromatic rings. The lowest BCUT2D eigenvalue weighted by atomic mass is 9.97. The average Bonchev–Trinajstić information content (AvgIpc) is 3.34. The minimum absolute atomic E-state index is 0.187. The minimum Gasteiger partial charge on any atom is -0.369 e. The third-order valence-corrected chi connectivity index (χ3v) is 7.92. The fraction of sp³-hybridized carbons (Fsp3) is 0.206. The van der Waals surface area contributed by atoms with Crippen LogP contribution in [0.4, 0.5) is 22.7 Å². The van der Waals surface area contributed by atoms with E-state index < -0.39 is 5.92 Å². The number of carbonyl (C=O) groups excluding carboxylic acids is 3. The molecule has 0 saturated carbocycles. The number of amides is 2. The molecule has 1 fully saturated rings. The molecule has 9 heteroatoms. The minimum atomic E-state index is -0.550. The lowest BCUT2D eigenvalue weighted by molar-refractivity contribution is -0.115. The number of piperazine rings is 1. The Balaban J connectivity index is 1.14. The number of carbonyl (C=O) groups is 3. The van der Waals surface area contributed by atoms with Crippen molar-refractivity contribution >= 4 is 46.6 Å². The smallest absolute Gasteiger partial charge is 0.257 e. The number of anilines is 3. The van der Waals surface area contributed by atoms with Gasteiger partial charge >= 0.3 is 0 Å². The zero-order valence-electron chi connectivity index (χ0n) is 24.1. The Labute approximate surface area is 250 Å². The fourth-order valence-electron chi connectivity index (χ4n) is 5.38. The molecule has 3 aromatic carbocycles. The Morgan fingerprint density at radius 1 is 0.953 bits per heavy atom. The second-order valence-electron chi connectivity index (χ2n) is 10.9. The summed E-state index contributed by atoms with van der Waals surface area (Å²) in [5.74, 6) is -1.25. The summed E-state index contributed by atoms with van der Waals surface area (Å²) in [6.45, 7) is 5.85. The van der Waals surface area contributed by atoms with Crippen LogP contribution < -0.4 is 15.5 Å². The standard InChI is InChI=1S/C34H32N6O3/c1-22-28(7-4-14-35-22)33(42)37-26-6-3-5-23(19-26)32(41)24-8-13-29-30(34(43)38-31(29)20-24)21-36-25-9-11-27(12-10-25)40-17-15-39(2)16-18-40/h3-14,19-21,30H,15-18H2,1-2H3,(H,37,42)(H,38,43). The number of benzene rings is 3. The third kappa shape index (κ3) is 6.07. The van der Waals surface area contributed by atoms with Gasteiger partial charge in [0.2, 0.25) is 5.91 Å². The maximum absolute atomic E-state index is 13.4. The van der Waals surface area contributed by atoms with E-state index in [1.807, 2.05) is 12.1 Å². The largest absolute Gasteiger partial charge is 0.369 e. The Kier molecular flexibility index (Phi) is 7.81. The second-order valence-corrected chi connectivity index (χ2v) is 10.9. The van der Waals surface area contributed by atoms with Crippen LogP contribution in [0.5, 0.6) is 0 Å². The van der Waals surface area contributed by atoms with Crippen LogP contribution >= 0.6 is 0 Å². The van der Waals surface area contributed by atoms with Gasteiger partial charge < -0.3 is 20.4 Å². The molecule has 1 saturated heterocycles. The summed E-state index contributed by atoms with van der Waals surface area (Å²) >= 11 is 0. The van der Waals surface area contributed by atoms with Crippen LogP contribution in [-0.4, -0.2) is 66.9 Å². The van der Waals surface area contributed by atoms with Crippen LogP contribution in [0.3, 0.4) is 0 Å². The normalized spacial score (nSPS) is 16.7. The van der Waals surface area contributed by atoms with E-state index in [2.05, 4.69) is 49.6 Å². The van der Waals surface area contributed by atoms with Gasteiger partial charge in [0, 0.05) is 72.5 Å². The molecule has 2 amide bonds. The predicted octanol–water partition coefficient (Wildman–Crippen LogP) is 5.06. The molecule has 0 bridgehead atoms. The summed E-state index contributed by atoms with van der Waals surface area (Å²) in [7, 11) is 2.14. The monoisotopic (exact) mass is 572 g/mol. The number of aromatic nitrogens is 1. The zero-order chi connectivity index (χ0) is 29.9. The number of aryl methyl sites for hydroxylation is 1. The van der Waals surface area contributed by atoms with Crippen molar-refractivity contribution in [2.45, 2.75) is 12.8 Å². The SMILES string of the molecule is Cc1ncccc1C(=O)Nc1cccc(C(=O)c2ccc3c(c2)NC(=O)C3C=Nc2ccc(N3CCN(C)CC3)cc2)c1. The van der Waals surface area contributed by atoms with Gasteiger partial charge in [-0.3, -0.25) is 24.4 Å². The molecule has 0 spiro atoms. The Morgan fingerprint density at radius 3 is 2.49 bits per heavy atom. The van der Waals surface area contributed by atoms with Crippen LogP contribution in [-0.2, 0) is 4.79 Å². The lowest BCUT2D eigenvalue weighted by Crippen LogP contribution is -2.44. The summed E-state index contributed by atoms with van der Waals surface area (Å²) in [4.78, 5) is 52.4. The van der Waals surface area contributed by atoms with Crippen LogP contribution in [0.2, 0.25) is 0 Å². The first-order valence-corrected chi connectivity index (χ1v) is 14.3. The summed E-state index contributed by atoms with van der Waals surface area (Å²) in [5.41, 5.74) is 5.75. The first-order valence-electron chi connectivity index (χ1n) is 14.3. The second kappa shape index (κ2) is 12.0. The van der Waals surface area contributed by atoms with E-state index in [4.69, 9.17) is 0 Å². The van der Waals surface area contributed by atoms with Gasteiger partial charge in [-0.1, -0.05) is 24.3 Å². The van der Waals surface area contributed by atoms with Gasteiger partial charge in [0.05, 0.1) is 11.3 Å². The van der Waals surface area contributed by atoms with Crippen molar-refractivity contribution < 1.29 is 14.4 Å². The van der Waals surface area contributed by atoms with E-state index in [0.717, 1.165) is 37.4 Å². The van der Waals surface area contributed by atoms with E-state index >= 15 is 0 Å². The molecular weight excluding hydrogens is 540 g/mol. The number of fused-ring (bicyclic) bond motifs is 1. The number of nitrogens with zero attached hydrogens (tertiary/aromatic N) is 4. The summed E-state index contributed by atoms with van der Waals surface area (Å²) in [6.07, 6.45) is 3.29. The lowest BCUT2D eigenvalue weighted by Gasteiger charge is -2.34. The number of nitrogens with one attached hydrogen (secondary N) is 2. The number of aliphatic imine (C=N–C) groups is 1. The highest BCUT2D eigenvalue weighted by Crippen LogP contribution is 2.33. The van der Waals surface area contributed by atoms with Crippen molar-refractivity contribution in [3.63, 3.8) is 0 Å². The molecule has 0 aliphatic carbocycles. The average molecular weight is 573 g/mol. The van der Waals surface area contributed by atoms with E-state index in [-0.39, 0.29) is 17.6 Å². The molecule has 2 aliphatic heterocycles. The van der Waals surface area contributed by atoms with Crippen LogP contribution in [0, 0.1) is 6.92 Å². The van der Waals surface area contributed by atoms with Crippen molar-refractivity contribution in [3.05, 3.63) is 113 Å². The van der Waals surface area contributed by atoms with Gasteiger partial charge in [0.25, 0.3) is 5.91 Å². The molecule has 1 atom stereocenters. The first-order chi connectivity index (χ1) is 20.9. The Bertz CT molecular complexity index is 1720. The van der Waals surface area contributed by atoms with Gasteiger partial charge in [-0.15, -0.1) is 0 Å². The summed E-state index contributed by atoms with van der Waals surface area (Å²) in [6, 6.07) is 23.5. The highest BCUT2D eigenvalue weighted by Gasteiger charge is 2.30. The van der Waals surface area contributed by atoms with Crippen molar-refractivity contribution in [1.29, 1.82) is 0 Å². The topological polar surface area (TPSA) is 107 Å². The van der Waals surface area contributed by atoms with Crippen LogP contribution in [0.25, 0.3) is 0 Å². The van der Waals surface area contributed by atoms with Gasteiger partial charge in [-0.05, 0) is 74.1 Å². The zero-order valence-corrected chi connectivity index (χ0v) is 24.1. The molecule has 0 radical (unpaired) electrons. The van der Waals surface area contributed by atoms with Crippen molar-refractivity contribution in [1.82, 2.24) is 9.88 Å². The number of pyridine rings is 1. The van der Waals surface area contributed by atoms with Gasteiger partial charge in [0.1, 0.15) is 5.92 Å². The molecule has 43 heavy (non-hydrogen) atoms. The van der Waals surface area contributed by atoms with Crippen LogP contribution in [0.15, 0.2) is 90.1 Å². The molecule has 216 valence electrons. The number of likely N-dealkylation sites (N-methyl/N-ethyl adjacent to an activating group) is 1. The van der Waals surface area contributed by atoms with E-state index in [1.165, 1.54) is 5.69 Å². The quantitative estimate of drug-likeness (QED) is 0.237. The molecule has 3 heterocycles. The maximum atomic E-state index is 13.4. The molecule has 2 aliphatic rings. The van der Waals surface area contributed by atoms with Crippen molar-refractivity contribution in [3.8, 4) is 0 Å². The van der Waals surface area contributed by atoms with Crippen molar-refractivity contribution in [2.24, 2.45) is 4.99 Å². The van der Waals surface area contributed by atoms with Gasteiger partial charge in [-0.2, -0.15) is 0 Å². The highest BCUT2D eigenvalue weighted by molar-refractivity contribution is 6.15. The molecule has 2 N–H and O–H groups in total. The Hall–Kier alpha value is -5.15. The summed E-state index contributed by atoms with van der Waals surface area (Å²) in [5, 5.41) is 5.73. The highest BCUT2D eigenvalue weighted by atomic mass is 16.2. The predicted molar refractivity (Wildman–Crippen MR) is 169 cm³/mol. The number of ketones is 1. The maximum Gasteiger partial charge on any atom is 0.257 e. The van der Waals surface area contributed by atoms with Gasteiger partial charge in [0.15, 0.2) is 5.78 Å². The number of hydrogen-bond donors (Lipinski definition) is 2. The first kappa shape index (κ1) is 28.0. The van der Waals surface area contributed by atoms with Crippen LogP contribution in [0.1, 0.15) is 43.5 Å². The Morgan fingerprint density at radius 2 is 1.72 bits per heavy atom. The molecule has 1 aromatic heterocycles. The van der Waals surface area contributed by atoms with E-state index in [1.54, 1.807) is 73.9 Å². The van der Waals surface area contributed by atoms with E-state index in [9.17, 15) is 14.4 Å². The molecule has 6 rings (SSSR count). The molecule has 1 unspecified atom stereocenters. The van der Waals surface area contributed by atoms with E-state index in [0.29, 0.717) is 33.8 Å². The third-order valence-electron chi connectivity index (χ3n) is 7.92. The summed E-state index contributed by atoms with van der Waals surface area (Å²) < 4.78 is 0. The molecular formula is C34H32N6O3. The number of hydrogen-bond acceptors (Lipinski definition) is 7. The van der Waals surface area contributed by atoms with Gasteiger partial charge in [-0.25, -0.2) is 0 Å².